The Bertz CT molecular complexity index is 576. The van der Waals surface area contributed by atoms with Gasteiger partial charge in [0.2, 0.25) is 0 Å². The zero-order valence-electron chi connectivity index (χ0n) is 14.2. The third-order valence-corrected chi connectivity index (χ3v) is 4.14. The van der Waals surface area contributed by atoms with E-state index in [0.29, 0.717) is 11.4 Å². The van der Waals surface area contributed by atoms with Crippen LogP contribution in [-0.4, -0.2) is 24.8 Å². The Labute approximate surface area is 132 Å². The molecule has 1 aliphatic carbocycles. The van der Waals surface area contributed by atoms with Crippen molar-refractivity contribution in [2.24, 2.45) is 11.1 Å². The molecule has 0 heterocycles. The molecule has 2 rings (SSSR count). The summed E-state index contributed by atoms with van der Waals surface area (Å²) in [6, 6.07) is 5.74. The maximum Gasteiger partial charge on any atom is 0.412 e. The van der Waals surface area contributed by atoms with Crippen LogP contribution >= 0.6 is 0 Å². The van der Waals surface area contributed by atoms with Crippen molar-refractivity contribution >= 4 is 11.8 Å². The Kier molecular flexibility index (Phi) is 4.13. The number of nitrogens with two attached hydrogens (primary N) is 1. The van der Waals surface area contributed by atoms with Crippen LogP contribution < -0.4 is 15.8 Å². The van der Waals surface area contributed by atoms with Crippen molar-refractivity contribution in [2.75, 3.05) is 12.4 Å². The van der Waals surface area contributed by atoms with Gasteiger partial charge in [0.05, 0.1) is 12.8 Å². The molecular weight excluding hydrogens is 280 g/mol. The van der Waals surface area contributed by atoms with Gasteiger partial charge in [0.15, 0.2) is 0 Å². The Balaban J connectivity index is 2.27. The number of nitrogens with one attached hydrogen (secondary N) is 1. The lowest BCUT2D eigenvalue weighted by molar-refractivity contribution is 0.0635. The molecule has 0 bridgehead atoms. The molecule has 122 valence electrons. The minimum atomic E-state index is -0.543. The minimum Gasteiger partial charge on any atom is -0.497 e. The van der Waals surface area contributed by atoms with E-state index in [2.05, 4.69) is 19.2 Å². The summed E-state index contributed by atoms with van der Waals surface area (Å²) in [6.07, 6.45) is -0.478. The maximum atomic E-state index is 12.1. The van der Waals surface area contributed by atoms with Crippen LogP contribution in [0.3, 0.4) is 0 Å². The summed E-state index contributed by atoms with van der Waals surface area (Å²) in [5, 5.41) is 2.82. The van der Waals surface area contributed by atoms with Gasteiger partial charge in [-0.2, -0.15) is 0 Å². The highest BCUT2D eigenvalue weighted by Crippen LogP contribution is 2.59. The molecule has 5 heteroatoms. The third-order valence-electron chi connectivity index (χ3n) is 4.14. The second-order valence-electron chi connectivity index (χ2n) is 7.40. The number of carbonyl (C=O) groups is 1. The topological polar surface area (TPSA) is 73.6 Å². The molecule has 0 saturated heterocycles. The van der Waals surface area contributed by atoms with E-state index in [0.717, 1.165) is 5.56 Å². The van der Waals surface area contributed by atoms with Gasteiger partial charge in [-0.1, -0.05) is 19.9 Å². The summed E-state index contributed by atoms with van der Waals surface area (Å²) in [7, 11) is 1.60. The first-order valence-corrected chi connectivity index (χ1v) is 7.50. The quantitative estimate of drug-likeness (QED) is 0.896. The first kappa shape index (κ1) is 16.6. The number of hydrogen-bond acceptors (Lipinski definition) is 4. The first-order valence-electron chi connectivity index (χ1n) is 7.50. The number of methoxy groups -OCH3 is 1. The van der Waals surface area contributed by atoms with E-state index in [1.54, 1.807) is 13.2 Å². The van der Waals surface area contributed by atoms with Crippen molar-refractivity contribution in [1.82, 2.24) is 0 Å². The average molecular weight is 306 g/mol. The summed E-state index contributed by atoms with van der Waals surface area (Å²) >= 11 is 0. The SMILES string of the molecule is COc1ccc([C@H]2[C@H](N)C2(C)C)c(NC(=O)OC(C)(C)C)c1. The highest BCUT2D eigenvalue weighted by molar-refractivity contribution is 5.86. The molecule has 0 spiro atoms. The molecule has 1 aromatic carbocycles. The van der Waals surface area contributed by atoms with Gasteiger partial charge in [0, 0.05) is 18.0 Å². The molecule has 2 atom stereocenters. The lowest BCUT2D eigenvalue weighted by Crippen LogP contribution is -2.27. The predicted molar refractivity (Wildman–Crippen MR) is 87.3 cm³/mol. The van der Waals surface area contributed by atoms with Crippen LogP contribution in [0.1, 0.15) is 46.1 Å². The first-order chi connectivity index (χ1) is 10.1. The smallest absolute Gasteiger partial charge is 0.412 e. The number of hydrogen-bond donors (Lipinski definition) is 2. The van der Waals surface area contributed by atoms with Crippen LogP contribution in [0.15, 0.2) is 18.2 Å². The van der Waals surface area contributed by atoms with Crippen LogP contribution in [0.4, 0.5) is 10.5 Å². The Morgan fingerprint density at radius 3 is 2.36 bits per heavy atom. The fourth-order valence-electron chi connectivity index (χ4n) is 2.73. The number of ether oxygens (including phenoxy) is 2. The normalized spacial score (nSPS) is 22.9. The van der Waals surface area contributed by atoms with E-state index in [9.17, 15) is 4.79 Å². The van der Waals surface area contributed by atoms with Gasteiger partial charge >= 0.3 is 6.09 Å². The molecule has 0 aromatic heterocycles. The lowest BCUT2D eigenvalue weighted by Gasteiger charge is -2.21. The molecule has 0 unspecified atom stereocenters. The number of rotatable bonds is 3. The van der Waals surface area contributed by atoms with Gasteiger partial charge in [0.1, 0.15) is 11.4 Å². The third kappa shape index (κ3) is 3.35. The van der Waals surface area contributed by atoms with Crippen molar-refractivity contribution in [1.29, 1.82) is 0 Å². The van der Waals surface area contributed by atoms with Crippen molar-refractivity contribution in [3.8, 4) is 5.75 Å². The number of amides is 1. The van der Waals surface area contributed by atoms with Gasteiger partial charge < -0.3 is 15.2 Å². The van der Waals surface area contributed by atoms with Gasteiger partial charge in [0.25, 0.3) is 0 Å². The number of anilines is 1. The van der Waals surface area contributed by atoms with Crippen LogP contribution in [0.2, 0.25) is 0 Å². The zero-order chi connectivity index (χ0) is 16.7. The second-order valence-corrected chi connectivity index (χ2v) is 7.40. The van der Waals surface area contributed by atoms with Gasteiger partial charge in [-0.25, -0.2) is 4.79 Å². The van der Waals surface area contributed by atoms with E-state index in [4.69, 9.17) is 15.2 Å². The number of carbonyl (C=O) groups excluding carboxylic acids is 1. The highest BCUT2D eigenvalue weighted by Gasteiger charge is 2.56. The zero-order valence-corrected chi connectivity index (χ0v) is 14.2. The molecule has 5 nitrogen and oxygen atoms in total. The lowest BCUT2D eigenvalue weighted by atomic mass is 10.0. The molecule has 1 amide bonds. The summed E-state index contributed by atoms with van der Waals surface area (Å²) in [4.78, 5) is 12.1. The number of benzene rings is 1. The van der Waals surface area contributed by atoms with Gasteiger partial charge in [-0.3, -0.25) is 5.32 Å². The maximum absolute atomic E-state index is 12.1. The summed E-state index contributed by atoms with van der Waals surface area (Å²) in [6.45, 7) is 9.75. The van der Waals surface area contributed by atoms with Gasteiger partial charge in [-0.05, 0) is 37.8 Å². The second kappa shape index (κ2) is 5.47. The highest BCUT2D eigenvalue weighted by atomic mass is 16.6. The van der Waals surface area contributed by atoms with E-state index in [1.165, 1.54) is 0 Å². The van der Waals surface area contributed by atoms with Crippen LogP contribution in [0.5, 0.6) is 5.75 Å². The Hall–Kier alpha value is -1.75. The minimum absolute atomic E-state index is 0.0267. The Morgan fingerprint density at radius 1 is 1.32 bits per heavy atom. The van der Waals surface area contributed by atoms with Crippen LogP contribution in [-0.2, 0) is 4.74 Å². The average Bonchev–Trinajstić information content (AvgIpc) is 2.86. The molecule has 22 heavy (non-hydrogen) atoms. The van der Waals surface area contributed by atoms with Crippen LogP contribution in [0.25, 0.3) is 0 Å². The standard InChI is InChI=1S/C17H26N2O3/c1-16(2,3)22-15(20)19-12-9-10(21-6)7-8-11(12)13-14(18)17(13,4)5/h7-9,13-14H,18H2,1-6H3,(H,19,20)/t13-,14-/m0/s1. The summed E-state index contributed by atoms with van der Waals surface area (Å²) < 4.78 is 10.6. The van der Waals surface area contributed by atoms with Crippen LogP contribution in [0, 0.1) is 5.41 Å². The molecule has 1 fully saturated rings. The molecule has 3 N–H and O–H groups in total. The van der Waals surface area contributed by atoms with E-state index in [1.807, 2.05) is 32.9 Å². The molecule has 1 saturated carbocycles. The molecule has 0 radical (unpaired) electrons. The fourth-order valence-corrected chi connectivity index (χ4v) is 2.73. The largest absolute Gasteiger partial charge is 0.497 e. The van der Waals surface area contributed by atoms with Crippen molar-refractivity contribution in [3.63, 3.8) is 0 Å². The van der Waals surface area contributed by atoms with E-state index < -0.39 is 11.7 Å². The predicted octanol–water partition coefficient (Wildman–Crippen LogP) is 3.49. The molecular formula is C17H26N2O3. The Morgan fingerprint density at radius 2 is 1.91 bits per heavy atom. The van der Waals surface area contributed by atoms with Gasteiger partial charge in [-0.15, -0.1) is 0 Å². The van der Waals surface area contributed by atoms with Crippen molar-refractivity contribution in [2.45, 2.75) is 52.2 Å². The fraction of sp³-hybridized carbons (Fsp3) is 0.588. The van der Waals surface area contributed by atoms with Crippen molar-refractivity contribution in [3.05, 3.63) is 23.8 Å². The molecule has 0 aliphatic heterocycles. The van der Waals surface area contributed by atoms with E-state index in [-0.39, 0.29) is 17.4 Å². The van der Waals surface area contributed by atoms with E-state index >= 15 is 0 Å². The van der Waals surface area contributed by atoms with Crippen molar-refractivity contribution < 1.29 is 14.3 Å². The molecule has 1 aromatic rings. The summed E-state index contributed by atoms with van der Waals surface area (Å²) in [5.74, 6) is 0.894. The summed E-state index contributed by atoms with van der Waals surface area (Å²) in [5.41, 5.74) is 7.37. The monoisotopic (exact) mass is 306 g/mol. The molecule has 1 aliphatic rings.